The average Bonchev–Trinajstić information content (AvgIpc) is 3.40. The molecule has 1 amide bonds. The highest BCUT2D eigenvalue weighted by molar-refractivity contribution is 7.92. The molecule has 0 fully saturated rings. The highest BCUT2D eigenvalue weighted by atomic mass is 32.2. The van der Waals surface area contributed by atoms with E-state index < -0.39 is 10.0 Å². The first-order valence-corrected chi connectivity index (χ1v) is 15.1. The number of nitrogens with zero attached hydrogens (tertiary/aromatic N) is 4. The van der Waals surface area contributed by atoms with E-state index in [0.29, 0.717) is 23.0 Å². The van der Waals surface area contributed by atoms with Gasteiger partial charge in [-0.25, -0.2) is 13.4 Å². The topological polar surface area (TPSA) is 92.7 Å². The Balaban J connectivity index is 1.47. The lowest BCUT2D eigenvalue weighted by molar-refractivity contribution is 0.0985. The summed E-state index contributed by atoms with van der Waals surface area (Å²) in [5, 5.41) is 0.524. The first kappa shape index (κ1) is 27.3. The molecule has 0 radical (unpaired) electrons. The van der Waals surface area contributed by atoms with Crippen molar-refractivity contribution in [2.45, 2.75) is 25.3 Å². The van der Waals surface area contributed by atoms with Crippen LogP contribution >= 0.6 is 11.3 Å². The van der Waals surface area contributed by atoms with E-state index in [-0.39, 0.29) is 23.9 Å². The van der Waals surface area contributed by atoms with Gasteiger partial charge in [-0.05, 0) is 80.1 Å². The Labute approximate surface area is 237 Å². The fraction of sp³-hybridized carbons (Fsp3) is 0.167. The lowest BCUT2D eigenvalue weighted by atomic mass is 10.2. The van der Waals surface area contributed by atoms with E-state index in [0.717, 1.165) is 21.5 Å². The molecule has 2 heterocycles. The van der Waals surface area contributed by atoms with Crippen molar-refractivity contribution in [1.29, 1.82) is 0 Å². The third-order valence-electron chi connectivity index (χ3n) is 6.22. The normalized spacial score (nSPS) is 11.3. The van der Waals surface area contributed by atoms with Crippen molar-refractivity contribution < 1.29 is 17.9 Å². The number of ether oxygens (including phenoxy) is 1. The smallest absolute Gasteiger partial charge is 0.264 e. The van der Waals surface area contributed by atoms with Gasteiger partial charge in [0.05, 0.1) is 34.0 Å². The molecule has 0 spiro atoms. The molecule has 0 saturated heterocycles. The maximum atomic E-state index is 13.9. The second-order valence-corrected chi connectivity index (χ2v) is 11.7. The molecule has 5 rings (SSSR count). The number of sulfonamides is 1. The van der Waals surface area contributed by atoms with Gasteiger partial charge in [0.25, 0.3) is 15.9 Å². The third kappa shape index (κ3) is 5.68. The fourth-order valence-corrected chi connectivity index (χ4v) is 6.77. The molecular formula is C30H28N4O4S2. The second-order valence-electron chi connectivity index (χ2n) is 8.84. The number of benzene rings is 3. The second kappa shape index (κ2) is 11.8. The summed E-state index contributed by atoms with van der Waals surface area (Å²) in [6, 6.07) is 24.3. The van der Waals surface area contributed by atoms with Crippen LogP contribution in [0.3, 0.4) is 0 Å². The molecule has 3 aromatic carbocycles. The van der Waals surface area contributed by atoms with Crippen LogP contribution in [0.5, 0.6) is 5.75 Å². The molecule has 40 heavy (non-hydrogen) atoms. The number of amides is 1. The fourth-order valence-electron chi connectivity index (χ4n) is 4.30. The van der Waals surface area contributed by atoms with Crippen molar-refractivity contribution >= 4 is 48.3 Å². The molecule has 204 valence electrons. The zero-order valence-electron chi connectivity index (χ0n) is 22.1. The van der Waals surface area contributed by atoms with Crippen LogP contribution in [0.25, 0.3) is 10.2 Å². The number of fused-ring (bicyclic) bond motifs is 1. The third-order valence-corrected chi connectivity index (χ3v) is 9.18. The summed E-state index contributed by atoms with van der Waals surface area (Å²) in [5.74, 6) is 0.441. The Hall–Kier alpha value is -4.28. The van der Waals surface area contributed by atoms with Crippen molar-refractivity contribution in [3.8, 4) is 5.75 Å². The molecule has 8 nitrogen and oxygen atoms in total. The monoisotopic (exact) mass is 572 g/mol. The molecule has 0 N–H and O–H groups in total. The van der Waals surface area contributed by atoms with E-state index in [1.807, 2.05) is 43.3 Å². The number of hydrogen-bond donors (Lipinski definition) is 0. The molecule has 0 aliphatic carbocycles. The summed E-state index contributed by atoms with van der Waals surface area (Å²) in [6.07, 6.45) is 3.39. The molecule has 0 aliphatic heterocycles. The van der Waals surface area contributed by atoms with Crippen LogP contribution < -0.4 is 13.9 Å². The van der Waals surface area contributed by atoms with Gasteiger partial charge < -0.3 is 4.74 Å². The molecule has 0 bridgehead atoms. The van der Waals surface area contributed by atoms with Gasteiger partial charge in [-0.1, -0.05) is 35.6 Å². The highest BCUT2D eigenvalue weighted by Crippen LogP contribution is 2.33. The summed E-state index contributed by atoms with van der Waals surface area (Å²) in [5.41, 5.74) is 2.52. The Morgan fingerprint density at radius 1 is 0.950 bits per heavy atom. The molecule has 0 unspecified atom stereocenters. The Kier molecular flexibility index (Phi) is 8.09. The lowest BCUT2D eigenvalue weighted by Gasteiger charge is -2.23. The van der Waals surface area contributed by atoms with Crippen LogP contribution in [0.15, 0.2) is 102 Å². The number of hydrogen-bond acceptors (Lipinski definition) is 7. The quantitative estimate of drug-likeness (QED) is 0.199. The van der Waals surface area contributed by atoms with Crippen molar-refractivity contribution in [3.05, 3.63) is 108 Å². The maximum Gasteiger partial charge on any atom is 0.264 e. The summed E-state index contributed by atoms with van der Waals surface area (Å²) >= 11 is 1.39. The van der Waals surface area contributed by atoms with Gasteiger partial charge in [0.1, 0.15) is 5.75 Å². The Bertz CT molecular complexity index is 1710. The highest BCUT2D eigenvalue weighted by Gasteiger charge is 2.26. The number of thiazole rings is 1. The number of carbonyl (C=O) groups is 1. The summed E-state index contributed by atoms with van der Waals surface area (Å²) in [4.78, 5) is 24.5. The minimum atomic E-state index is -3.82. The Morgan fingerprint density at radius 3 is 2.40 bits per heavy atom. The number of para-hydroxylation sites is 1. The van der Waals surface area contributed by atoms with Gasteiger partial charge in [0.2, 0.25) is 0 Å². The van der Waals surface area contributed by atoms with Gasteiger partial charge in [0.15, 0.2) is 5.13 Å². The molecule has 10 heteroatoms. The maximum absolute atomic E-state index is 13.9. The molecule has 0 atom stereocenters. The van der Waals surface area contributed by atoms with Gasteiger partial charge in [-0.3, -0.25) is 19.0 Å². The van der Waals surface area contributed by atoms with E-state index in [9.17, 15) is 13.2 Å². The minimum absolute atomic E-state index is 0.108. The van der Waals surface area contributed by atoms with Crippen molar-refractivity contribution in [1.82, 2.24) is 9.97 Å². The van der Waals surface area contributed by atoms with Crippen LogP contribution in [-0.2, 0) is 16.6 Å². The molecule has 0 saturated carbocycles. The van der Waals surface area contributed by atoms with Crippen molar-refractivity contribution in [2.75, 3.05) is 22.4 Å². The van der Waals surface area contributed by atoms with E-state index in [1.165, 1.54) is 27.8 Å². The van der Waals surface area contributed by atoms with Crippen molar-refractivity contribution in [2.24, 2.45) is 0 Å². The van der Waals surface area contributed by atoms with Crippen LogP contribution in [-0.4, -0.2) is 37.4 Å². The summed E-state index contributed by atoms with van der Waals surface area (Å²) < 4.78 is 34.7. The first-order valence-electron chi connectivity index (χ1n) is 12.8. The lowest BCUT2D eigenvalue weighted by Crippen LogP contribution is -2.31. The van der Waals surface area contributed by atoms with Gasteiger partial charge in [0, 0.05) is 24.5 Å². The van der Waals surface area contributed by atoms with Crippen LogP contribution in [0, 0.1) is 0 Å². The SMILES string of the molecule is CCOc1ccc2nc(N(Cc3cccnc3)C(=O)c3ccc(S(=O)(=O)N(CC)c4ccccc4)cc3)sc2c1. The summed E-state index contributed by atoms with van der Waals surface area (Å²) in [7, 11) is -3.82. The Morgan fingerprint density at radius 2 is 1.73 bits per heavy atom. The van der Waals surface area contributed by atoms with Crippen LogP contribution in [0.2, 0.25) is 0 Å². The standard InChI is InChI=1S/C30H28N4O4S2/c1-3-34(24-10-6-5-7-11-24)40(36,37)26-15-12-23(13-16-26)29(35)33(21-22-9-8-18-31-20-22)30-32-27-17-14-25(38-4-2)19-28(27)39-30/h5-20H,3-4,21H2,1-2H3. The van der Waals surface area contributed by atoms with E-state index in [4.69, 9.17) is 9.72 Å². The predicted octanol–water partition coefficient (Wildman–Crippen LogP) is 6.15. The molecule has 2 aromatic heterocycles. The number of anilines is 2. The minimum Gasteiger partial charge on any atom is -0.494 e. The van der Waals surface area contributed by atoms with E-state index in [2.05, 4.69) is 4.98 Å². The summed E-state index contributed by atoms with van der Waals surface area (Å²) in [6.45, 7) is 4.79. The van der Waals surface area contributed by atoms with Gasteiger partial charge in [-0.2, -0.15) is 0 Å². The zero-order valence-corrected chi connectivity index (χ0v) is 23.7. The zero-order chi connectivity index (χ0) is 28.1. The van der Waals surface area contributed by atoms with Crippen LogP contribution in [0.1, 0.15) is 29.8 Å². The van der Waals surface area contributed by atoms with Crippen LogP contribution in [0.4, 0.5) is 10.8 Å². The van der Waals surface area contributed by atoms with Gasteiger partial charge >= 0.3 is 0 Å². The number of rotatable bonds is 10. The van der Waals surface area contributed by atoms with Crippen molar-refractivity contribution in [3.63, 3.8) is 0 Å². The number of aromatic nitrogens is 2. The predicted molar refractivity (Wildman–Crippen MR) is 159 cm³/mol. The van der Waals surface area contributed by atoms with E-state index in [1.54, 1.807) is 60.6 Å². The largest absolute Gasteiger partial charge is 0.494 e. The number of pyridine rings is 1. The number of carbonyl (C=O) groups excluding carboxylic acids is 1. The van der Waals surface area contributed by atoms with E-state index >= 15 is 0 Å². The molecule has 5 aromatic rings. The molecular weight excluding hydrogens is 544 g/mol. The molecule has 0 aliphatic rings. The van der Waals surface area contributed by atoms with Gasteiger partial charge in [-0.15, -0.1) is 0 Å². The first-order chi connectivity index (χ1) is 19.4. The average molecular weight is 573 g/mol.